The maximum atomic E-state index is 13.8. The van der Waals surface area contributed by atoms with E-state index >= 15 is 0 Å². The van der Waals surface area contributed by atoms with Crippen LogP contribution in [0.5, 0.6) is 0 Å². The summed E-state index contributed by atoms with van der Waals surface area (Å²) in [4.78, 5) is 51.5. The van der Waals surface area contributed by atoms with E-state index in [1.165, 1.54) is 0 Å². The lowest BCUT2D eigenvalue weighted by Crippen LogP contribution is -2.55. The molecule has 5 amide bonds. The van der Waals surface area contributed by atoms with E-state index in [2.05, 4.69) is 33.4 Å². The highest BCUT2D eigenvalue weighted by Gasteiger charge is 2.35. The molecular weight excluding hydrogens is 586 g/mol. The van der Waals surface area contributed by atoms with Crippen molar-refractivity contribution in [2.75, 3.05) is 18.5 Å². The van der Waals surface area contributed by atoms with Crippen LogP contribution in [0.1, 0.15) is 61.1 Å². The van der Waals surface area contributed by atoms with E-state index in [-0.39, 0.29) is 38.0 Å². The van der Waals surface area contributed by atoms with Gasteiger partial charge in [-0.25, -0.2) is 9.59 Å². The molecule has 0 spiro atoms. The van der Waals surface area contributed by atoms with Crippen LogP contribution in [0.3, 0.4) is 0 Å². The molecule has 1 unspecified atom stereocenters. The lowest BCUT2D eigenvalue weighted by atomic mass is 9.96. The first-order chi connectivity index (χ1) is 22.3. The van der Waals surface area contributed by atoms with Crippen molar-refractivity contribution in [1.82, 2.24) is 16.0 Å². The molecule has 7 N–H and O–H groups in total. The number of ether oxygens (including phenoxy) is 1. The number of nitrogens with two attached hydrogens (primary N) is 1. The molecule has 0 aromatic heterocycles. The number of aliphatic hydroxyl groups is 1. The van der Waals surface area contributed by atoms with E-state index in [4.69, 9.17) is 10.5 Å². The van der Waals surface area contributed by atoms with E-state index in [1.807, 2.05) is 36.4 Å². The average molecular weight is 628 g/mol. The number of amides is 5. The fraction of sp³-hybridized carbons (Fsp3) is 0.371. The van der Waals surface area contributed by atoms with Crippen LogP contribution in [0.4, 0.5) is 15.3 Å². The van der Waals surface area contributed by atoms with Crippen molar-refractivity contribution < 1.29 is 29.0 Å². The van der Waals surface area contributed by atoms with Gasteiger partial charge in [0, 0.05) is 18.2 Å². The second kappa shape index (κ2) is 15.4. The first-order valence-electron chi connectivity index (χ1n) is 15.8. The zero-order chi connectivity index (χ0) is 32.5. The van der Waals surface area contributed by atoms with E-state index in [1.54, 1.807) is 24.3 Å². The van der Waals surface area contributed by atoms with Crippen LogP contribution in [0.25, 0.3) is 11.1 Å². The topological polar surface area (TPSA) is 172 Å². The Bertz CT molecular complexity index is 1490. The number of hydrogen-bond acceptors (Lipinski definition) is 6. The number of fused-ring (bicyclic) bond motifs is 3. The molecule has 2 atom stereocenters. The molecule has 0 saturated heterocycles. The highest BCUT2D eigenvalue weighted by Crippen LogP contribution is 2.44. The van der Waals surface area contributed by atoms with E-state index < -0.39 is 36.0 Å². The molecule has 2 aliphatic carbocycles. The summed E-state index contributed by atoms with van der Waals surface area (Å²) < 4.78 is 5.75. The molecule has 0 aliphatic heterocycles. The Hall–Kier alpha value is -4.90. The highest BCUT2D eigenvalue weighted by atomic mass is 16.5. The van der Waals surface area contributed by atoms with Gasteiger partial charge in [0.2, 0.25) is 11.8 Å². The van der Waals surface area contributed by atoms with Crippen molar-refractivity contribution in [3.05, 3.63) is 89.5 Å². The van der Waals surface area contributed by atoms with Crippen LogP contribution in [0.2, 0.25) is 0 Å². The summed E-state index contributed by atoms with van der Waals surface area (Å²) in [6.07, 6.45) is 3.30. The predicted octanol–water partition coefficient (Wildman–Crippen LogP) is 4.15. The SMILES string of the molecule is NC(=O)NCCC[C@H](NC(=O)C(NC(=O)OCC1c2ccccc2-c2ccccc21)C1CCCC1)C(=O)Nc1ccc(CO)cc1. The summed E-state index contributed by atoms with van der Waals surface area (Å²) in [5, 5.41) is 20.3. The van der Waals surface area contributed by atoms with Gasteiger partial charge in [-0.3, -0.25) is 9.59 Å². The van der Waals surface area contributed by atoms with Gasteiger partial charge < -0.3 is 36.8 Å². The molecule has 0 radical (unpaired) electrons. The van der Waals surface area contributed by atoms with Crippen LogP contribution in [0.15, 0.2) is 72.8 Å². The smallest absolute Gasteiger partial charge is 0.407 e. The van der Waals surface area contributed by atoms with E-state index in [0.717, 1.165) is 47.9 Å². The molecule has 0 heterocycles. The highest BCUT2D eigenvalue weighted by molar-refractivity contribution is 5.98. The van der Waals surface area contributed by atoms with Crippen LogP contribution in [-0.2, 0) is 20.9 Å². The van der Waals surface area contributed by atoms with Gasteiger partial charge >= 0.3 is 12.1 Å². The third-order valence-electron chi connectivity index (χ3n) is 8.78. The van der Waals surface area contributed by atoms with Gasteiger partial charge in [0.1, 0.15) is 18.7 Å². The third kappa shape index (κ3) is 8.02. The average Bonchev–Trinajstić information content (AvgIpc) is 3.71. The minimum absolute atomic E-state index is 0.105. The molecular formula is C35H41N5O6. The van der Waals surface area contributed by atoms with Gasteiger partial charge in [-0.2, -0.15) is 0 Å². The number of anilines is 1. The second-order valence-corrected chi connectivity index (χ2v) is 11.8. The Kier molecular flexibility index (Phi) is 10.9. The number of nitrogens with one attached hydrogen (secondary N) is 4. The largest absolute Gasteiger partial charge is 0.449 e. The van der Waals surface area contributed by atoms with E-state index in [0.29, 0.717) is 17.7 Å². The quantitative estimate of drug-likeness (QED) is 0.155. The zero-order valence-electron chi connectivity index (χ0n) is 25.7. The van der Waals surface area contributed by atoms with Crippen molar-refractivity contribution in [2.45, 2.75) is 63.1 Å². The number of carbonyl (C=O) groups is 4. The first kappa shape index (κ1) is 32.5. The van der Waals surface area contributed by atoms with Crippen molar-refractivity contribution in [3.8, 4) is 11.1 Å². The van der Waals surface area contributed by atoms with Crippen molar-refractivity contribution in [2.24, 2.45) is 11.7 Å². The zero-order valence-corrected chi connectivity index (χ0v) is 25.7. The number of urea groups is 1. The molecule has 11 nitrogen and oxygen atoms in total. The number of alkyl carbamates (subject to hydrolysis) is 1. The van der Waals surface area contributed by atoms with Crippen LogP contribution >= 0.6 is 0 Å². The summed E-state index contributed by atoms with van der Waals surface area (Å²) in [6.45, 7) is 0.217. The normalized spacial score (nSPS) is 15.2. The fourth-order valence-corrected chi connectivity index (χ4v) is 6.43. The Labute approximate surface area is 268 Å². The van der Waals surface area contributed by atoms with Gasteiger partial charge in [-0.1, -0.05) is 73.5 Å². The number of rotatable bonds is 13. The second-order valence-electron chi connectivity index (χ2n) is 11.8. The standard InChI is InChI=1S/C35H41N5O6/c36-34(44)37-19-7-14-30(32(42)38-24-17-15-22(20-41)16-18-24)39-33(43)31(23-8-1-2-9-23)40-35(45)46-21-29-27-12-5-3-10-25(27)26-11-4-6-13-28(26)29/h3-6,10-13,15-18,23,29-31,41H,1-2,7-9,14,19-21H2,(H,38,42)(H,39,43)(H,40,45)(H3,36,37,44)/t30-,31?/m0/s1. The van der Waals surface area contributed by atoms with Gasteiger partial charge in [0.15, 0.2) is 0 Å². The van der Waals surface area contributed by atoms with Crippen LogP contribution in [0, 0.1) is 5.92 Å². The summed E-state index contributed by atoms with van der Waals surface area (Å²) >= 11 is 0. The molecule has 3 aromatic rings. The third-order valence-corrected chi connectivity index (χ3v) is 8.78. The lowest BCUT2D eigenvalue weighted by molar-refractivity contribution is -0.128. The van der Waals surface area contributed by atoms with Gasteiger partial charge in [0.25, 0.3) is 0 Å². The van der Waals surface area contributed by atoms with Gasteiger partial charge in [-0.15, -0.1) is 0 Å². The Balaban J connectivity index is 1.25. The Morgan fingerprint density at radius 1 is 0.848 bits per heavy atom. The molecule has 0 bridgehead atoms. The summed E-state index contributed by atoms with van der Waals surface area (Å²) in [6, 6.07) is 20.3. The summed E-state index contributed by atoms with van der Waals surface area (Å²) in [5.41, 5.74) is 10.8. The first-order valence-corrected chi connectivity index (χ1v) is 15.8. The summed E-state index contributed by atoms with van der Waals surface area (Å²) in [5.74, 6) is -1.15. The maximum Gasteiger partial charge on any atom is 0.407 e. The molecule has 2 aliphatic rings. The lowest BCUT2D eigenvalue weighted by Gasteiger charge is -2.27. The Morgan fingerprint density at radius 2 is 1.48 bits per heavy atom. The van der Waals surface area contributed by atoms with Gasteiger partial charge in [-0.05, 0) is 71.6 Å². The number of hydrogen-bond donors (Lipinski definition) is 6. The molecule has 11 heteroatoms. The summed E-state index contributed by atoms with van der Waals surface area (Å²) in [7, 11) is 0. The molecule has 46 heavy (non-hydrogen) atoms. The van der Waals surface area contributed by atoms with Crippen molar-refractivity contribution >= 4 is 29.6 Å². The number of aliphatic hydroxyl groups excluding tert-OH is 1. The minimum Gasteiger partial charge on any atom is -0.449 e. The predicted molar refractivity (Wildman–Crippen MR) is 174 cm³/mol. The van der Waals surface area contributed by atoms with Crippen LogP contribution in [-0.4, -0.2) is 54.3 Å². The Morgan fingerprint density at radius 3 is 2.09 bits per heavy atom. The minimum atomic E-state index is -0.951. The molecule has 1 fully saturated rings. The monoisotopic (exact) mass is 627 g/mol. The molecule has 5 rings (SSSR count). The van der Waals surface area contributed by atoms with E-state index in [9.17, 15) is 24.3 Å². The molecule has 1 saturated carbocycles. The fourth-order valence-electron chi connectivity index (χ4n) is 6.43. The molecule has 3 aromatic carbocycles. The number of primary amides is 1. The number of benzene rings is 3. The number of carbonyl (C=O) groups excluding carboxylic acids is 4. The maximum absolute atomic E-state index is 13.8. The van der Waals surface area contributed by atoms with Crippen LogP contribution < -0.4 is 27.0 Å². The van der Waals surface area contributed by atoms with Crippen molar-refractivity contribution in [1.29, 1.82) is 0 Å². The molecule has 242 valence electrons. The van der Waals surface area contributed by atoms with Gasteiger partial charge in [0.05, 0.1) is 6.61 Å². The van der Waals surface area contributed by atoms with Crippen molar-refractivity contribution in [3.63, 3.8) is 0 Å².